The van der Waals surface area contributed by atoms with Crippen LogP contribution in [0.4, 0.5) is 5.69 Å². The highest BCUT2D eigenvalue weighted by atomic mass is 35.5. The van der Waals surface area contributed by atoms with Crippen molar-refractivity contribution in [1.29, 1.82) is 0 Å². The number of benzene rings is 1. The van der Waals surface area contributed by atoms with E-state index >= 15 is 0 Å². The maximum absolute atomic E-state index is 12.1. The van der Waals surface area contributed by atoms with Crippen LogP contribution in [0.15, 0.2) is 23.1 Å². The number of rotatable bonds is 3. The average molecular weight is 317 g/mol. The summed E-state index contributed by atoms with van der Waals surface area (Å²) < 4.78 is 23.0. The minimum atomic E-state index is -3.33. The average Bonchev–Trinajstić information content (AvgIpc) is 2.41. The molecule has 0 aromatic heterocycles. The zero-order valence-electron chi connectivity index (χ0n) is 11.1. The van der Waals surface area contributed by atoms with Crippen LogP contribution >= 0.6 is 11.6 Å². The Morgan fingerprint density at radius 3 is 2.75 bits per heavy atom. The smallest absolute Gasteiger partial charge is 0.241 e. The van der Waals surface area contributed by atoms with E-state index in [0.717, 1.165) is 32.1 Å². The van der Waals surface area contributed by atoms with Gasteiger partial charge >= 0.3 is 0 Å². The van der Waals surface area contributed by atoms with Gasteiger partial charge in [-0.25, -0.2) is 8.42 Å². The third-order valence-electron chi connectivity index (χ3n) is 3.25. The third kappa shape index (κ3) is 3.71. The molecule has 2 rings (SSSR count). The predicted molar refractivity (Wildman–Crippen MR) is 78.8 cm³/mol. The van der Waals surface area contributed by atoms with E-state index in [2.05, 4.69) is 10.6 Å². The van der Waals surface area contributed by atoms with Crippen LogP contribution in [-0.4, -0.2) is 33.2 Å². The Morgan fingerprint density at radius 1 is 1.40 bits per heavy atom. The summed E-state index contributed by atoms with van der Waals surface area (Å²) in [5, 5.41) is 6.15. The number of anilines is 1. The summed E-state index contributed by atoms with van der Waals surface area (Å²) >= 11 is 6.00. The van der Waals surface area contributed by atoms with Crippen LogP contribution in [0, 0.1) is 0 Å². The topological polar surface area (TPSA) is 75.3 Å². The first-order chi connectivity index (χ1) is 9.38. The number of carbonyl (C=O) groups excluding carboxylic acids is 1. The van der Waals surface area contributed by atoms with E-state index in [-0.39, 0.29) is 16.8 Å². The number of piperidine rings is 1. The van der Waals surface area contributed by atoms with Gasteiger partial charge in [0.2, 0.25) is 5.91 Å². The van der Waals surface area contributed by atoms with Crippen molar-refractivity contribution >= 4 is 33.0 Å². The van der Waals surface area contributed by atoms with E-state index < -0.39 is 9.84 Å². The Balaban J connectivity index is 2.18. The van der Waals surface area contributed by atoms with Gasteiger partial charge in [-0.2, -0.15) is 0 Å². The van der Waals surface area contributed by atoms with Gasteiger partial charge in [0.1, 0.15) is 0 Å². The van der Waals surface area contributed by atoms with Crippen LogP contribution in [0.25, 0.3) is 0 Å². The van der Waals surface area contributed by atoms with Crippen LogP contribution in [0.1, 0.15) is 19.3 Å². The Labute approximate surface area is 123 Å². The second-order valence-corrected chi connectivity index (χ2v) is 7.33. The fourth-order valence-corrected chi connectivity index (χ4v) is 2.94. The van der Waals surface area contributed by atoms with Gasteiger partial charge in [0.05, 0.1) is 21.6 Å². The molecule has 5 nitrogen and oxygen atoms in total. The molecular formula is C13H17ClN2O3S. The van der Waals surface area contributed by atoms with Gasteiger partial charge in [0, 0.05) is 6.26 Å². The Kier molecular flexibility index (Phi) is 4.67. The first-order valence-corrected chi connectivity index (χ1v) is 8.69. The minimum Gasteiger partial charge on any atom is -0.323 e. The van der Waals surface area contributed by atoms with Gasteiger partial charge in [-0.3, -0.25) is 4.79 Å². The Hall–Kier alpha value is -1.11. The van der Waals surface area contributed by atoms with Gasteiger partial charge in [-0.05, 0) is 37.6 Å². The highest BCUT2D eigenvalue weighted by Crippen LogP contribution is 2.25. The standard InChI is InChI=1S/C13H17ClN2O3S/c1-20(18,19)9-5-6-10(14)12(8-9)16-13(17)11-4-2-3-7-15-11/h5-6,8,11,15H,2-4,7H2,1H3,(H,16,17)/t11-/m1/s1. The summed E-state index contributed by atoms with van der Waals surface area (Å²) in [4.78, 5) is 12.2. The number of halogens is 1. The van der Waals surface area contributed by atoms with Crippen molar-refractivity contribution in [2.24, 2.45) is 0 Å². The van der Waals surface area contributed by atoms with Crippen molar-refractivity contribution in [2.75, 3.05) is 18.1 Å². The summed E-state index contributed by atoms with van der Waals surface area (Å²) in [6, 6.07) is 4.04. The summed E-state index contributed by atoms with van der Waals surface area (Å²) in [6.07, 6.45) is 3.95. The number of sulfone groups is 1. The number of hydrogen-bond donors (Lipinski definition) is 2. The van der Waals surface area contributed by atoms with E-state index in [1.54, 1.807) is 0 Å². The maximum atomic E-state index is 12.1. The van der Waals surface area contributed by atoms with Crippen molar-refractivity contribution in [1.82, 2.24) is 5.32 Å². The summed E-state index contributed by atoms with van der Waals surface area (Å²) in [6.45, 7) is 0.815. The molecule has 1 amide bonds. The molecule has 0 unspecified atom stereocenters. The molecule has 7 heteroatoms. The Bertz CT molecular complexity index is 610. The first-order valence-electron chi connectivity index (χ1n) is 6.42. The van der Waals surface area contributed by atoms with E-state index in [4.69, 9.17) is 11.6 Å². The minimum absolute atomic E-state index is 0.133. The summed E-state index contributed by atoms with van der Waals surface area (Å²) in [7, 11) is -3.33. The zero-order valence-corrected chi connectivity index (χ0v) is 12.7. The highest BCUT2D eigenvalue weighted by molar-refractivity contribution is 7.90. The number of hydrogen-bond acceptors (Lipinski definition) is 4. The van der Waals surface area contributed by atoms with Gasteiger partial charge in [0.15, 0.2) is 9.84 Å². The van der Waals surface area contributed by atoms with Crippen LogP contribution in [0.5, 0.6) is 0 Å². The summed E-state index contributed by atoms with van der Waals surface area (Å²) in [5.41, 5.74) is 0.326. The maximum Gasteiger partial charge on any atom is 0.241 e. The summed E-state index contributed by atoms with van der Waals surface area (Å²) in [5.74, 6) is -0.183. The number of nitrogens with one attached hydrogen (secondary N) is 2. The molecule has 1 saturated heterocycles. The molecule has 110 valence electrons. The fraction of sp³-hybridized carbons (Fsp3) is 0.462. The second kappa shape index (κ2) is 6.11. The molecule has 0 spiro atoms. The van der Waals surface area contributed by atoms with E-state index in [1.807, 2.05) is 0 Å². The van der Waals surface area contributed by atoms with Gasteiger partial charge < -0.3 is 10.6 Å². The fourth-order valence-electron chi connectivity index (χ4n) is 2.13. The highest BCUT2D eigenvalue weighted by Gasteiger charge is 2.21. The van der Waals surface area contributed by atoms with Crippen molar-refractivity contribution in [3.05, 3.63) is 23.2 Å². The largest absolute Gasteiger partial charge is 0.323 e. The molecule has 0 aliphatic carbocycles. The SMILES string of the molecule is CS(=O)(=O)c1ccc(Cl)c(NC(=O)[C@H]2CCCCN2)c1. The molecule has 0 radical (unpaired) electrons. The van der Waals surface area contributed by atoms with Gasteiger partial charge in [-0.15, -0.1) is 0 Å². The van der Waals surface area contributed by atoms with Crippen molar-refractivity contribution in [3.8, 4) is 0 Å². The lowest BCUT2D eigenvalue weighted by atomic mass is 10.0. The molecule has 0 saturated carbocycles. The van der Waals surface area contributed by atoms with E-state index in [9.17, 15) is 13.2 Å². The van der Waals surface area contributed by atoms with E-state index in [1.165, 1.54) is 18.2 Å². The zero-order chi connectivity index (χ0) is 14.8. The monoisotopic (exact) mass is 316 g/mol. The van der Waals surface area contributed by atoms with Crippen LogP contribution in [-0.2, 0) is 14.6 Å². The van der Waals surface area contributed by atoms with Gasteiger partial charge in [0.25, 0.3) is 0 Å². The first kappa shape index (κ1) is 15.3. The Morgan fingerprint density at radius 2 is 2.15 bits per heavy atom. The lowest BCUT2D eigenvalue weighted by Crippen LogP contribution is -2.43. The number of amides is 1. The molecule has 20 heavy (non-hydrogen) atoms. The molecule has 1 aliphatic rings. The van der Waals surface area contributed by atoms with E-state index in [0.29, 0.717) is 10.7 Å². The lowest BCUT2D eigenvalue weighted by Gasteiger charge is -2.22. The molecule has 2 N–H and O–H groups in total. The van der Waals surface area contributed by atoms with Crippen molar-refractivity contribution in [2.45, 2.75) is 30.2 Å². The van der Waals surface area contributed by atoms with Crippen LogP contribution < -0.4 is 10.6 Å². The molecule has 0 bridgehead atoms. The van der Waals surface area contributed by atoms with Crippen molar-refractivity contribution in [3.63, 3.8) is 0 Å². The van der Waals surface area contributed by atoms with Crippen LogP contribution in [0.3, 0.4) is 0 Å². The number of carbonyl (C=O) groups is 1. The molecule has 1 atom stereocenters. The molecule has 1 aromatic rings. The molecule has 1 fully saturated rings. The third-order valence-corrected chi connectivity index (χ3v) is 4.69. The second-order valence-electron chi connectivity index (χ2n) is 4.91. The lowest BCUT2D eigenvalue weighted by molar-refractivity contribution is -0.118. The normalized spacial score (nSPS) is 19.6. The molecule has 1 aromatic carbocycles. The van der Waals surface area contributed by atoms with Gasteiger partial charge in [-0.1, -0.05) is 18.0 Å². The van der Waals surface area contributed by atoms with Crippen LogP contribution in [0.2, 0.25) is 5.02 Å². The molecule has 1 heterocycles. The molecule has 1 aliphatic heterocycles. The predicted octanol–water partition coefficient (Wildman–Crippen LogP) is 1.82. The quantitative estimate of drug-likeness (QED) is 0.892. The molecular weight excluding hydrogens is 300 g/mol. The van der Waals surface area contributed by atoms with Crippen molar-refractivity contribution < 1.29 is 13.2 Å².